The summed E-state index contributed by atoms with van der Waals surface area (Å²) in [7, 11) is 0. The van der Waals surface area contributed by atoms with Crippen LogP contribution in [-0.4, -0.2) is 5.91 Å². The van der Waals surface area contributed by atoms with Gasteiger partial charge >= 0.3 is 0 Å². The quantitative estimate of drug-likeness (QED) is 0.834. The molecule has 5 heteroatoms. The molecule has 0 aromatic heterocycles. The second kappa shape index (κ2) is 5.72. The molecule has 1 amide bonds. The van der Waals surface area contributed by atoms with E-state index in [1.807, 2.05) is 19.1 Å². The van der Waals surface area contributed by atoms with Crippen LogP contribution in [0, 0.1) is 12.7 Å². The van der Waals surface area contributed by atoms with Gasteiger partial charge in [-0.3, -0.25) is 4.79 Å². The molecule has 0 aliphatic rings. The first kappa shape index (κ1) is 14.0. The fourth-order valence-corrected chi connectivity index (χ4v) is 2.19. The van der Waals surface area contributed by atoms with Gasteiger partial charge in [0.2, 0.25) is 0 Å². The Morgan fingerprint density at radius 1 is 1.26 bits per heavy atom. The Morgan fingerprint density at radius 2 is 2.00 bits per heavy atom. The van der Waals surface area contributed by atoms with Crippen LogP contribution in [0.4, 0.5) is 10.1 Å². The number of hydrogen-bond acceptors (Lipinski definition) is 1. The highest BCUT2D eigenvalue weighted by atomic mass is 79.9. The summed E-state index contributed by atoms with van der Waals surface area (Å²) in [5.74, 6) is -0.728. The molecule has 2 aromatic rings. The average Bonchev–Trinajstić information content (AvgIpc) is 2.35. The number of amides is 1. The lowest BCUT2D eigenvalue weighted by atomic mass is 10.1. The van der Waals surface area contributed by atoms with Crippen LogP contribution in [0.5, 0.6) is 0 Å². The number of nitrogens with one attached hydrogen (secondary N) is 1. The fraction of sp³-hybridized carbons (Fsp3) is 0.0714. The Morgan fingerprint density at radius 3 is 2.68 bits per heavy atom. The van der Waals surface area contributed by atoms with E-state index in [0.717, 1.165) is 16.1 Å². The maximum Gasteiger partial charge on any atom is 0.256 e. The Labute approximate surface area is 123 Å². The van der Waals surface area contributed by atoms with E-state index in [-0.39, 0.29) is 10.9 Å². The summed E-state index contributed by atoms with van der Waals surface area (Å²) in [6.45, 7) is 1.84. The van der Waals surface area contributed by atoms with Gasteiger partial charge < -0.3 is 5.32 Å². The molecule has 0 saturated carbocycles. The van der Waals surface area contributed by atoms with Crippen molar-refractivity contribution in [2.75, 3.05) is 5.32 Å². The SMILES string of the molecule is Cc1ccc(Br)cc1C(=O)Nc1ccc(F)cc1Cl. The highest BCUT2D eigenvalue weighted by molar-refractivity contribution is 9.10. The second-order valence-corrected chi connectivity index (χ2v) is 5.36. The number of anilines is 1. The average molecular weight is 343 g/mol. The molecule has 2 rings (SSSR count). The number of hydrogen-bond donors (Lipinski definition) is 1. The van der Waals surface area contributed by atoms with Gasteiger partial charge in [0.25, 0.3) is 5.91 Å². The highest BCUT2D eigenvalue weighted by Gasteiger charge is 2.11. The molecule has 0 saturated heterocycles. The number of carbonyl (C=O) groups excluding carboxylic acids is 1. The maximum atomic E-state index is 12.9. The van der Waals surface area contributed by atoms with Crippen LogP contribution in [0.3, 0.4) is 0 Å². The largest absolute Gasteiger partial charge is 0.321 e. The molecular formula is C14H10BrClFNO. The van der Waals surface area contributed by atoms with Gasteiger partial charge in [-0.05, 0) is 42.8 Å². The van der Waals surface area contributed by atoms with Crippen molar-refractivity contribution >= 4 is 39.1 Å². The molecule has 0 fully saturated rings. The number of aryl methyl sites for hydroxylation is 1. The molecule has 0 bridgehead atoms. The van der Waals surface area contributed by atoms with Crippen molar-refractivity contribution in [3.05, 3.63) is 62.8 Å². The minimum absolute atomic E-state index is 0.168. The van der Waals surface area contributed by atoms with Gasteiger partial charge in [-0.2, -0.15) is 0 Å². The van der Waals surface area contributed by atoms with E-state index in [2.05, 4.69) is 21.2 Å². The van der Waals surface area contributed by atoms with E-state index in [1.54, 1.807) is 6.07 Å². The smallest absolute Gasteiger partial charge is 0.256 e. The molecular weight excluding hydrogens is 333 g/mol. The third-order valence-corrected chi connectivity index (χ3v) is 3.43. The van der Waals surface area contributed by atoms with E-state index in [4.69, 9.17) is 11.6 Å². The lowest BCUT2D eigenvalue weighted by Crippen LogP contribution is -2.13. The third kappa shape index (κ3) is 3.33. The molecule has 98 valence electrons. The predicted molar refractivity (Wildman–Crippen MR) is 78.2 cm³/mol. The lowest BCUT2D eigenvalue weighted by molar-refractivity contribution is 0.102. The number of halogens is 3. The molecule has 0 aliphatic carbocycles. The van der Waals surface area contributed by atoms with Crippen molar-refractivity contribution in [1.82, 2.24) is 0 Å². The Hall–Kier alpha value is -1.39. The van der Waals surface area contributed by atoms with Gasteiger partial charge in [-0.15, -0.1) is 0 Å². The summed E-state index contributed by atoms with van der Waals surface area (Å²) >= 11 is 9.19. The van der Waals surface area contributed by atoms with E-state index < -0.39 is 5.82 Å². The first-order valence-corrected chi connectivity index (χ1v) is 6.67. The van der Waals surface area contributed by atoms with E-state index >= 15 is 0 Å². The maximum absolute atomic E-state index is 12.9. The Balaban J connectivity index is 2.28. The summed E-state index contributed by atoms with van der Waals surface area (Å²) < 4.78 is 13.7. The van der Waals surface area contributed by atoms with Crippen molar-refractivity contribution in [2.45, 2.75) is 6.92 Å². The van der Waals surface area contributed by atoms with Crippen LogP contribution in [0.2, 0.25) is 5.02 Å². The van der Waals surface area contributed by atoms with Crippen molar-refractivity contribution in [3.8, 4) is 0 Å². The molecule has 0 unspecified atom stereocenters. The zero-order valence-electron chi connectivity index (χ0n) is 10.0. The van der Waals surface area contributed by atoms with Crippen LogP contribution in [-0.2, 0) is 0 Å². The number of carbonyl (C=O) groups is 1. The van der Waals surface area contributed by atoms with Crippen LogP contribution < -0.4 is 5.32 Å². The summed E-state index contributed by atoms with van der Waals surface area (Å²) in [5, 5.41) is 2.83. The number of benzene rings is 2. The summed E-state index contributed by atoms with van der Waals surface area (Å²) in [6, 6.07) is 9.26. The molecule has 0 atom stereocenters. The van der Waals surface area contributed by atoms with E-state index in [0.29, 0.717) is 11.3 Å². The van der Waals surface area contributed by atoms with Crippen LogP contribution >= 0.6 is 27.5 Å². The normalized spacial score (nSPS) is 10.3. The monoisotopic (exact) mass is 341 g/mol. The van der Waals surface area contributed by atoms with Crippen molar-refractivity contribution in [2.24, 2.45) is 0 Å². The molecule has 0 spiro atoms. The molecule has 2 nitrogen and oxygen atoms in total. The zero-order valence-corrected chi connectivity index (χ0v) is 12.3. The van der Waals surface area contributed by atoms with Crippen molar-refractivity contribution < 1.29 is 9.18 Å². The molecule has 0 radical (unpaired) electrons. The molecule has 1 N–H and O–H groups in total. The summed E-state index contributed by atoms with van der Waals surface area (Å²) in [6.07, 6.45) is 0. The standard InChI is InChI=1S/C14H10BrClFNO/c1-8-2-3-9(15)6-11(8)14(19)18-13-5-4-10(17)7-12(13)16/h2-7H,1H3,(H,18,19). The fourth-order valence-electron chi connectivity index (χ4n) is 1.62. The van der Waals surface area contributed by atoms with Crippen LogP contribution in [0.1, 0.15) is 15.9 Å². The Bertz CT molecular complexity index is 645. The van der Waals surface area contributed by atoms with Crippen molar-refractivity contribution in [3.63, 3.8) is 0 Å². The third-order valence-electron chi connectivity index (χ3n) is 2.62. The van der Waals surface area contributed by atoms with Gasteiger partial charge in [0, 0.05) is 10.0 Å². The zero-order chi connectivity index (χ0) is 14.0. The number of rotatable bonds is 2. The van der Waals surface area contributed by atoms with Gasteiger partial charge in [0.15, 0.2) is 0 Å². The van der Waals surface area contributed by atoms with Gasteiger partial charge in [0.1, 0.15) is 5.82 Å². The minimum atomic E-state index is -0.443. The van der Waals surface area contributed by atoms with Crippen molar-refractivity contribution in [1.29, 1.82) is 0 Å². The highest BCUT2D eigenvalue weighted by Crippen LogP contribution is 2.24. The predicted octanol–water partition coefficient (Wildman–Crippen LogP) is 4.80. The first-order chi connectivity index (χ1) is 8.97. The lowest BCUT2D eigenvalue weighted by Gasteiger charge is -2.09. The molecule has 0 heterocycles. The van der Waals surface area contributed by atoms with Crippen LogP contribution in [0.15, 0.2) is 40.9 Å². The minimum Gasteiger partial charge on any atom is -0.321 e. The summed E-state index contributed by atoms with van der Waals surface area (Å²) in [5.41, 5.74) is 1.76. The van der Waals surface area contributed by atoms with Gasteiger partial charge in [-0.25, -0.2) is 4.39 Å². The van der Waals surface area contributed by atoms with Gasteiger partial charge in [-0.1, -0.05) is 33.6 Å². The van der Waals surface area contributed by atoms with E-state index in [9.17, 15) is 9.18 Å². The van der Waals surface area contributed by atoms with Gasteiger partial charge in [0.05, 0.1) is 10.7 Å². The molecule has 2 aromatic carbocycles. The second-order valence-electron chi connectivity index (χ2n) is 4.04. The van der Waals surface area contributed by atoms with E-state index in [1.165, 1.54) is 12.1 Å². The molecule has 19 heavy (non-hydrogen) atoms. The summed E-state index contributed by atoms with van der Waals surface area (Å²) in [4.78, 5) is 12.1. The first-order valence-electron chi connectivity index (χ1n) is 5.50. The Kier molecular flexibility index (Phi) is 4.22. The molecule has 0 aliphatic heterocycles. The topological polar surface area (TPSA) is 29.1 Å². The van der Waals surface area contributed by atoms with Crippen LogP contribution in [0.25, 0.3) is 0 Å².